The van der Waals surface area contributed by atoms with Crippen molar-refractivity contribution in [3.63, 3.8) is 0 Å². The first-order valence-electron chi connectivity index (χ1n) is 6.63. The second-order valence-electron chi connectivity index (χ2n) is 4.83. The van der Waals surface area contributed by atoms with Gasteiger partial charge in [-0.2, -0.15) is 0 Å². The van der Waals surface area contributed by atoms with Gasteiger partial charge in [0.1, 0.15) is 0 Å². The maximum atomic E-state index is 9.19. The topological polar surface area (TPSA) is 51.2 Å². The average Bonchev–Trinajstić information content (AvgIpc) is 2.79. The van der Waals surface area contributed by atoms with Gasteiger partial charge in [-0.15, -0.1) is 12.4 Å². The molecule has 1 heterocycles. The van der Waals surface area contributed by atoms with Gasteiger partial charge < -0.3 is 15.4 Å². The van der Waals surface area contributed by atoms with E-state index >= 15 is 0 Å². The van der Waals surface area contributed by atoms with E-state index in [4.69, 9.17) is 5.73 Å². The van der Waals surface area contributed by atoms with Crippen molar-refractivity contribution >= 4 is 34.2 Å². The van der Waals surface area contributed by atoms with Crippen LogP contribution in [-0.4, -0.2) is 16.3 Å². The van der Waals surface area contributed by atoms with Gasteiger partial charge in [0.2, 0.25) is 0 Å². The Morgan fingerprint density at radius 3 is 2.50 bits per heavy atom. The van der Waals surface area contributed by atoms with Crippen molar-refractivity contribution in [1.82, 2.24) is 4.57 Å². The number of benzene rings is 2. The molecule has 3 aromatic rings. The molecule has 2 aromatic carbocycles. The van der Waals surface area contributed by atoms with Crippen molar-refractivity contribution in [2.45, 2.75) is 19.5 Å². The van der Waals surface area contributed by atoms with Gasteiger partial charge in [0.05, 0.1) is 12.6 Å². The lowest BCUT2D eigenvalue weighted by atomic mass is 10.0. The number of aryl methyl sites for hydroxylation is 1. The summed E-state index contributed by atoms with van der Waals surface area (Å²) in [5.74, 6) is 0. The molecule has 0 saturated carbocycles. The first-order chi connectivity index (χ1) is 9.26. The molecule has 0 bridgehead atoms. The molecule has 3 N–H and O–H groups in total. The highest BCUT2D eigenvalue weighted by Gasteiger charge is 2.11. The van der Waals surface area contributed by atoms with E-state index in [1.165, 1.54) is 21.8 Å². The van der Waals surface area contributed by atoms with Crippen LogP contribution in [0.25, 0.3) is 21.8 Å². The number of nitrogens with two attached hydrogens (primary N) is 1. The van der Waals surface area contributed by atoms with Gasteiger partial charge in [0.15, 0.2) is 0 Å². The fourth-order valence-electron chi connectivity index (χ4n) is 2.75. The molecular weight excluding hydrogens is 272 g/mol. The molecule has 0 aliphatic carbocycles. The Bertz CT molecular complexity index is 736. The SMILES string of the molecule is CCn1c2ccccc2c2cc([C@@H](N)CO)ccc21.Cl. The smallest absolute Gasteiger partial charge is 0.0624 e. The van der Waals surface area contributed by atoms with Gasteiger partial charge in [-0.3, -0.25) is 0 Å². The van der Waals surface area contributed by atoms with Crippen LogP contribution in [0, 0.1) is 0 Å². The number of fused-ring (bicyclic) bond motifs is 3. The summed E-state index contributed by atoms with van der Waals surface area (Å²) in [6.07, 6.45) is 0. The van der Waals surface area contributed by atoms with Crippen LogP contribution < -0.4 is 5.73 Å². The summed E-state index contributed by atoms with van der Waals surface area (Å²) >= 11 is 0. The van der Waals surface area contributed by atoms with Crippen LogP contribution in [-0.2, 0) is 6.54 Å². The third kappa shape index (κ3) is 2.18. The van der Waals surface area contributed by atoms with Crippen molar-refractivity contribution in [3.05, 3.63) is 48.0 Å². The highest BCUT2D eigenvalue weighted by atomic mass is 35.5. The molecule has 1 aromatic heterocycles. The molecule has 1 atom stereocenters. The number of aliphatic hydroxyl groups excluding tert-OH is 1. The zero-order valence-electron chi connectivity index (χ0n) is 11.4. The van der Waals surface area contributed by atoms with E-state index in [-0.39, 0.29) is 25.1 Å². The van der Waals surface area contributed by atoms with E-state index in [0.29, 0.717) is 0 Å². The fourth-order valence-corrected chi connectivity index (χ4v) is 2.75. The number of rotatable bonds is 3. The molecule has 0 fully saturated rings. The molecule has 4 heteroatoms. The van der Waals surface area contributed by atoms with Gasteiger partial charge in [0, 0.05) is 28.4 Å². The first-order valence-corrected chi connectivity index (χ1v) is 6.63. The van der Waals surface area contributed by atoms with Gasteiger partial charge >= 0.3 is 0 Å². The lowest BCUT2D eigenvalue weighted by Gasteiger charge is -2.09. The Labute approximate surface area is 124 Å². The number of nitrogens with zero attached hydrogens (tertiary/aromatic N) is 1. The number of aliphatic hydroxyl groups is 1. The minimum absolute atomic E-state index is 0. The second-order valence-corrected chi connectivity index (χ2v) is 4.83. The van der Waals surface area contributed by atoms with E-state index < -0.39 is 0 Å². The van der Waals surface area contributed by atoms with Gasteiger partial charge in [-0.1, -0.05) is 24.3 Å². The van der Waals surface area contributed by atoms with Crippen LogP contribution in [0.4, 0.5) is 0 Å². The lowest BCUT2D eigenvalue weighted by Crippen LogP contribution is -2.14. The van der Waals surface area contributed by atoms with E-state index in [1.54, 1.807) is 0 Å². The predicted octanol–water partition coefficient (Wildman–Crippen LogP) is 3.23. The van der Waals surface area contributed by atoms with Crippen LogP contribution in [0.5, 0.6) is 0 Å². The summed E-state index contributed by atoms with van der Waals surface area (Å²) in [5, 5.41) is 11.6. The number of aromatic nitrogens is 1. The van der Waals surface area contributed by atoms with Crippen molar-refractivity contribution in [3.8, 4) is 0 Å². The van der Waals surface area contributed by atoms with Crippen LogP contribution in [0.15, 0.2) is 42.5 Å². The maximum absolute atomic E-state index is 9.19. The van der Waals surface area contributed by atoms with Crippen molar-refractivity contribution in [1.29, 1.82) is 0 Å². The van der Waals surface area contributed by atoms with Crippen molar-refractivity contribution < 1.29 is 5.11 Å². The molecule has 106 valence electrons. The standard InChI is InChI=1S/C16H18N2O.ClH/c1-2-18-15-6-4-3-5-12(15)13-9-11(14(17)10-19)7-8-16(13)18;/h3-9,14,19H,2,10,17H2,1H3;1H/t14-;/m0./s1. The Hall–Kier alpha value is -1.55. The molecule has 0 amide bonds. The molecule has 0 saturated heterocycles. The molecular formula is C16H19ClN2O. The molecule has 3 nitrogen and oxygen atoms in total. The van der Waals surface area contributed by atoms with Crippen LogP contribution >= 0.6 is 12.4 Å². The molecule has 20 heavy (non-hydrogen) atoms. The normalized spacial score (nSPS) is 12.6. The second kappa shape index (κ2) is 5.83. The average molecular weight is 291 g/mol. The molecule has 0 unspecified atom stereocenters. The lowest BCUT2D eigenvalue weighted by molar-refractivity contribution is 0.268. The maximum Gasteiger partial charge on any atom is 0.0624 e. The van der Waals surface area contributed by atoms with Gasteiger partial charge in [-0.25, -0.2) is 0 Å². The van der Waals surface area contributed by atoms with E-state index in [9.17, 15) is 5.11 Å². The third-order valence-corrected chi connectivity index (χ3v) is 3.74. The molecule has 3 rings (SSSR count). The van der Waals surface area contributed by atoms with Crippen LogP contribution in [0.3, 0.4) is 0 Å². The monoisotopic (exact) mass is 290 g/mol. The minimum Gasteiger partial charge on any atom is -0.394 e. The van der Waals surface area contributed by atoms with Crippen LogP contribution in [0.1, 0.15) is 18.5 Å². The number of halogens is 1. The molecule has 0 aliphatic heterocycles. The molecule has 0 spiro atoms. The Kier molecular flexibility index (Phi) is 4.33. The Morgan fingerprint density at radius 2 is 1.80 bits per heavy atom. The summed E-state index contributed by atoms with van der Waals surface area (Å²) < 4.78 is 2.30. The van der Waals surface area contributed by atoms with Crippen molar-refractivity contribution in [2.24, 2.45) is 5.73 Å². The van der Waals surface area contributed by atoms with Crippen LogP contribution in [0.2, 0.25) is 0 Å². The molecule has 0 radical (unpaired) electrons. The van der Waals surface area contributed by atoms with E-state index in [1.807, 2.05) is 6.07 Å². The molecule has 0 aliphatic rings. The highest BCUT2D eigenvalue weighted by Crippen LogP contribution is 2.30. The summed E-state index contributed by atoms with van der Waals surface area (Å²) in [4.78, 5) is 0. The van der Waals surface area contributed by atoms with Crippen molar-refractivity contribution in [2.75, 3.05) is 6.61 Å². The fraction of sp³-hybridized carbons (Fsp3) is 0.250. The summed E-state index contributed by atoms with van der Waals surface area (Å²) in [6, 6.07) is 14.3. The predicted molar refractivity (Wildman–Crippen MR) is 86.4 cm³/mol. The largest absolute Gasteiger partial charge is 0.394 e. The zero-order chi connectivity index (χ0) is 13.4. The quantitative estimate of drug-likeness (QED) is 0.778. The number of hydrogen-bond acceptors (Lipinski definition) is 2. The summed E-state index contributed by atoms with van der Waals surface area (Å²) in [7, 11) is 0. The highest BCUT2D eigenvalue weighted by molar-refractivity contribution is 6.08. The van der Waals surface area contributed by atoms with Gasteiger partial charge in [-0.05, 0) is 30.7 Å². The summed E-state index contributed by atoms with van der Waals surface area (Å²) in [5.41, 5.74) is 9.36. The van der Waals surface area contributed by atoms with E-state index in [0.717, 1.165) is 12.1 Å². The van der Waals surface area contributed by atoms with Gasteiger partial charge in [0.25, 0.3) is 0 Å². The Morgan fingerprint density at radius 1 is 1.10 bits per heavy atom. The minimum atomic E-state index is -0.312. The number of para-hydroxylation sites is 1. The zero-order valence-corrected chi connectivity index (χ0v) is 12.2. The summed E-state index contributed by atoms with van der Waals surface area (Å²) in [6.45, 7) is 3.06. The number of hydrogen-bond donors (Lipinski definition) is 2. The first kappa shape index (κ1) is 14.9. The van der Waals surface area contributed by atoms with E-state index in [2.05, 4.69) is 47.9 Å². The third-order valence-electron chi connectivity index (χ3n) is 3.74. The Balaban J connectivity index is 0.00000147.